The van der Waals surface area contributed by atoms with Gasteiger partial charge in [0.2, 0.25) is 11.8 Å². The number of carbonyl (C=O) groups is 2. The van der Waals surface area contributed by atoms with E-state index in [0.717, 1.165) is 38.0 Å². The van der Waals surface area contributed by atoms with E-state index in [9.17, 15) is 9.59 Å². The molecule has 1 aromatic rings. The Morgan fingerprint density at radius 1 is 1.28 bits per heavy atom. The molecule has 2 amide bonds. The third-order valence-corrected chi connectivity index (χ3v) is 4.80. The van der Waals surface area contributed by atoms with Crippen molar-refractivity contribution in [2.45, 2.75) is 58.3 Å². The maximum Gasteiger partial charge on any atom is 0.224 e. The zero-order valence-corrected chi connectivity index (χ0v) is 15.4. The number of amides is 2. The molecule has 1 fully saturated rings. The summed E-state index contributed by atoms with van der Waals surface area (Å²) < 4.78 is 0. The molecule has 1 saturated heterocycles. The van der Waals surface area contributed by atoms with Gasteiger partial charge in [-0.2, -0.15) is 0 Å². The molecule has 1 aliphatic rings. The van der Waals surface area contributed by atoms with Gasteiger partial charge in [-0.15, -0.1) is 0 Å². The summed E-state index contributed by atoms with van der Waals surface area (Å²) in [6.07, 6.45) is 9.28. The highest BCUT2D eigenvalue weighted by molar-refractivity contribution is 5.81. The molecule has 0 radical (unpaired) electrons. The largest absolute Gasteiger partial charge is 0.356 e. The minimum atomic E-state index is -0.0567. The number of hydrogen-bond acceptors (Lipinski definition) is 3. The minimum Gasteiger partial charge on any atom is -0.356 e. The van der Waals surface area contributed by atoms with Crippen LogP contribution in [0.2, 0.25) is 0 Å². The second kappa shape index (κ2) is 10.9. The molecule has 1 unspecified atom stereocenters. The SMILES string of the molecule is CCCCCCNC(=O)C1CCCN(C(=O)CCc2ccccn2)C1. The van der Waals surface area contributed by atoms with E-state index in [1.165, 1.54) is 19.3 Å². The lowest BCUT2D eigenvalue weighted by molar-refractivity contribution is -0.135. The van der Waals surface area contributed by atoms with Crippen LogP contribution < -0.4 is 5.32 Å². The normalized spacial score (nSPS) is 17.3. The number of piperidine rings is 1. The number of likely N-dealkylation sites (tertiary alicyclic amines) is 1. The van der Waals surface area contributed by atoms with Crippen molar-refractivity contribution in [1.82, 2.24) is 15.2 Å². The molecule has 0 aliphatic carbocycles. The van der Waals surface area contributed by atoms with Crippen molar-refractivity contribution < 1.29 is 9.59 Å². The predicted molar refractivity (Wildman–Crippen MR) is 99.0 cm³/mol. The van der Waals surface area contributed by atoms with Crippen LogP contribution in [0.1, 0.15) is 57.6 Å². The smallest absolute Gasteiger partial charge is 0.224 e. The van der Waals surface area contributed by atoms with Crippen LogP contribution >= 0.6 is 0 Å². The van der Waals surface area contributed by atoms with Crippen molar-refractivity contribution in [2.75, 3.05) is 19.6 Å². The van der Waals surface area contributed by atoms with Crippen molar-refractivity contribution >= 4 is 11.8 Å². The second-order valence-electron chi connectivity index (χ2n) is 6.85. The summed E-state index contributed by atoms with van der Waals surface area (Å²) >= 11 is 0. The quantitative estimate of drug-likeness (QED) is 0.700. The number of carbonyl (C=O) groups excluding carboxylic acids is 2. The van der Waals surface area contributed by atoms with Crippen LogP contribution in [0, 0.1) is 5.92 Å². The van der Waals surface area contributed by atoms with E-state index < -0.39 is 0 Å². The Labute approximate surface area is 151 Å². The molecular weight excluding hydrogens is 314 g/mol. The summed E-state index contributed by atoms with van der Waals surface area (Å²) in [4.78, 5) is 30.9. The molecule has 5 heteroatoms. The van der Waals surface area contributed by atoms with Crippen LogP contribution in [0.15, 0.2) is 24.4 Å². The number of hydrogen-bond donors (Lipinski definition) is 1. The van der Waals surface area contributed by atoms with Crippen LogP contribution in [0.3, 0.4) is 0 Å². The summed E-state index contributed by atoms with van der Waals surface area (Å²) in [6.45, 7) is 4.26. The Balaban J connectivity index is 1.71. The highest BCUT2D eigenvalue weighted by Crippen LogP contribution is 2.18. The van der Waals surface area contributed by atoms with Crippen LogP contribution in [0.25, 0.3) is 0 Å². The topological polar surface area (TPSA) is 62.3 Å². The zero-order chi connectivity index (χ0) is 17.9. The fourth-order valence-electron chi connectivity index (χ4n) is 3.26. The molecule has 2 heterocycles. The predicted octanol–water partition coefficient (Wildman–Crippen LogP) is 2.95. The Kier molecular flexibility index (Phi) is 8.43. The molecule has 1 aromatic heterocycles. The Bertz CT molecular complexity index is 533. The standard InChI is InChI=1S/C20H31N3O2/c1-2-3-4-6-14-22-20(25)17-9-8-15-23(16-17)19(24)12-11-18-10-5-7-13-21-18/h5,7,10,13,17H,2-4,6,8-9,11-12,14-16H2,1H3,(H,22,25). The zero-order valence-electron chi connectivity index (χ0n) is 15.4. The van der Waals surface area contributed by atoms with E-state index in [4.69, 9.17) is 0 Å². The maximum atomic E-state index is 12.4. The molecule has 1 atom stereocenters. The lowest BCUT2D eigenvalue weighted by Crippen LogP contribution is -2.45. The molecule has 0 bridgehead atoms. The fraction of sp³-hybridized carbons (Fsp3) is 0.650. The first-order valence-electron chi connectivity index (χ1n) is 9.66. The first-order chi connectivity index (χ1) is 12.2. The number of aryl methyl sites for hydroxylation is 1. The number of nitrogens with one attached hydrogen (secondary N) is 1. The molecule has 0 spiro atoms. The van der Waals surface area contributed by atoms with Gasteiger partial charge in [0, 0.05) is 37.9 Å². The minimum absolute atomic E-state index is 0.0567. The summed E-state index contributed by atoms with van der Waals surface area (Å²) in [5.74, 6) is 0.184. The van der Waals surface area contributed by atoms with Gasteiger partial charge in [-0.05, 0) is 37.8 Å². The molecular formula is C20H31N3O2. The van der Waals surface area contributed by atoms with E-state index >= 15 is 0 Å². The van der Waals surface area contributed by atoms with Crippen molar-refractivity contribution in [3.63, 3.8) is 0 Å². The molecule has 138 valence electrons. The van der Waals surface area contributed by atoms with E-state index in [1.807, 2.05) is 23.1 Å². The second-order valence-corrected chi connectivity index (χ2v) is 6.85. The van der Waals surface area contributed by atoms with E-state index in [1.54, 1.807) is 6.20 Å². The number of rotatable bonds is 9. The number of pyridine rings is 1. The summed E-state index contributed by atoms with van der Waals surface area (Å²) in [7, 11) is 0. The van der Waals surface area contributed by atoms with Crippen molar-refractivity contribution in [3.05, 3.63) is 30.1 Å². The summed E-state index contributed by atoms with van der Waals surface area (Å²) in [5.41, 5.74) is 0.939. The van der Waals surface area contributed by atoms with E-state index in [-0.39, 0.29) is 17.7 Å². The van der Waals surface area contributed by atoms with Gasteiger partial charge in [0.05, 0.1) is 5.92 Å². The van der Waals surface area contributed by atoms with E-state index in [2.05, 4.69) is 17.2 Å². The maximum absolute atomic E-state index is 12.4. The Morgan fingerprint density at radius 2 is 2.16 bits per heavy atom. The molecule has 5 nitrogen and oxygen atoms in total. The van der Waals surface area contributed by atoms with E-state index in [0.29, 0.717) is 19.4 Å². The first kappa shape index (κ1) is 19.4. The first-order valence-corrected chi connectivity index (χ1v) is 9.66. The van der Waals surface area contributed by atoms with Gasteiger partial charge < -0.3 is 10.2 Å². The van der Waals surface area contributed by atoms with Gasteiger partial charge in [-0.25, -0.2) is 0 Å². The lowest BCUT2D eigenvalue weighted by Gasteiger charge is -2.32. The monoisotopic (exact) mass is 345 g/mol. The Hall–Kier alpha value is -1.91. The van der Waals surface area contributed by atoms with Crippen LogP contribution in [-0.4, -0.2) is 41.3 Å². The molecule has 2 rings (SSSR count). The molecule has 1 aliphatic heterocycles. The number of unbranched alkanes of at least 4 members (excludes halogenated alkanes) is 3. The summed E-state index contributed by atoms with van der Waals surface area (Å²) in [6, 6.07) is 5.76. The van der Waals surface area contributed by atoms with Crippen molar-refractivity contribution in [3.8, 4) is 0 Å². The van der Waals surface area contributed by atoms with Gasteiger partial charge in [0.25, 0.3) is 0 Å². The molecule has 0 saturated carbocycles. The highest BCUT2D eigenvalue weighted by atomic mass is 16.2. The lowest BCUT2D eigenvalue weighted by atomic mass is 9.96. The average molecular weight is 345 g/mol. The van der Waals surface area contributed by atoms with Crippen LogP contribution in [0.4, 0.5) is 0 Å². The molecule has 25 heavy (non-hydrogen) atoms. The average Bonchev–Trinajstić information content (AvgIpc) is 2.66. The fourth-order valence-corrected chi connectivity index (χ4v) is 3.26. The van der Waals surface area contributed by atoms with Gasteiger partial charge in [-0.3, -0.25) is 14.6 Å². The third kappa shape index (κ3) is 6.85. The summed E-state index contributed by atoms with van der Waals surface area (Å²) in [5, 5.41) is 3.04. The van der Waals surface area contributed by atoms with Crippen LogP contribution in [-0.2, 0) is 16.0 Å². The molecule has 0 aromatic carbocycles. The third-order valence-electron chi connectivity index (χ3n) is 4.80. The Morgan fingerprint density at radius 3 is 2.92 bits per heavy atom. The van der Waals surface area contributed by atoms with Crippen LogP contribution in [0.5, 0.6) is 0 Å². The van der Waals surface area contributed by atoms with Gasteiger partial charge in [-0.1, -0.05) is 32.3 Å². The van der Waals surface area contributed by atoms with Gasteiger partial charge in [0.15, 0.2) is 0 Å². The highest BCUT2D eigenvalue weighted by Gasteiger charge is 2.27. The number of aromatic nitrogens is 1. The van der Waals surface area contributed by atoms with Crippen molar-refractivity contribution in [1.29, 1.82) is 0 Å². The van der Waals surface area contributed by atoms with Gasteiger partial charge in [0.1, 0.15) is 0 Å². The van der Waals surface area contributed by atoms with Crippen molar-refractivity contribution in [2.24, 2.45) is 5.92 Å². The number of nitrogens with zero attached hydrogens (tertiary/aromatic N) is 2. The van der Waals surface area contributed by atoms with Gasteiger partial charge >= 0.3 is 0 Å². The molecule has 1 N–H and O–H groups in total.